The van der Waals surface area contributed by atoms with E-state index in [4.69, 9.17) is 9.47 Å². The van der Waals surface area contributed by atoms with Crippen LogP contribution in [0.1, 0.15) is 64.2 Å². The number of hydrogen-bond acceptors (Lipinski definition) is 4. The van der Waals surface area contributed by atoms with Gasteiger partial charge in [-0.15, -0.1) is 13.2 Å². The van der Waals surface area contributed by atoms with E-state index < -0.39 is 12.2 Å². The Bertz CT molecular complexity index is 543. The maximum Gasteiger partial charge on any atom is 0.307 e. The molecule has 4 heteroatoms. The third-order valence-electron chi connectivity index (χ3n) is 3.70. The Kier molecular flexibility index (Phi) is 11.4. The van der Waals surface area contributed by atoms with Crippen molar-refractivity contribution in [2.75, 3.05) is 0 Å². The van der Waals surface area contributed by atoms with Crippen LogP contribution in [0, 0.1) is 23.7 Å². The topological polar surface area (TPSA) is 52.6 Å². The van der Waals surface area contributed by atoms with Gasteiger partial charge in [0.1, 0.15) is 0 Å². The zero-order valence-corrected chi connectivity index (χ0v) is 15.4. The Morgan fingerprint density at radius 1 is 0.846 bits per heavy atom. The van der Waals surface area contributed by atoms with Gasteiger partial charge in [0, 0.05) is 25.7 Å². The smallest absolute Gasteiger partial charge is 0.307 e. The highest BCUT2D eigenvalue weighted by atomic mass is 16.5. The van der Waals surface area contributed by atoms with E-state index in [1.165, 1.54) is 0 Å². The summed E-state index contributed by atoms with van der Waals surface area (Å²) >= 11 is 0. The SMILES string of the molecule is C=CCCC1C#CCCCC(=O)O[C@@H](CCC=C)C#CCCCC(=O)O1. The minimum atomic E-state index is -0.422. The van der Waals surface area contributed by atoms with Gasteiger partial charge in [0.2, 0.25) is 0 Å². The summed E-state index contributed by atoms with van der Waals surface area (Å²) < 4.78 is 10.9. The molecular weight excluding hydrogens is 328 g/mol. The van der Waals surface area contributed by atoms with Crippen LogP contribution in [0.4, 0.5) is 0 Å². The maximum atomic E-state index is 12.0. The van der Waals surface area contributed by atoms with E-state index >= 15 is 0 Å². The molecule has 0 aromatic rings. The van der Waals surface area contributed by atoms with Crippen LogP contribution in [-0.2, 0) is 19.1 Å². The summed E-state index contributed by atoms with van der Waals surface area (Å²) in [5.41, 5.74) is 0. The zero-order chi connectivity index (χ0) is 19.0. The van der Waals surface area contributed by atoms with E-state index in [9.17, 15) is 9.59 Å². The summed E-state index contributed by atoms with van der Waals surface area (Å²) in [6.45, 7) is 7.36. The molecule has 0 amide bonds. The Morgan fingerprint density at radius 3 is 1.65 bits per heavy atom. The molecule has 1 aliphatic heterocycles. The normalized spacial score (nSPS) is 21.8. The summed E-state index contributed by atoms with van der Waals surface area (Å²) in [7, 11) is 0. The molecule has 1 heterocycles. The van der Waals surface area contributed by atoms with Crippen LogP contribution >= 0.6 is 0 Å². The second kappa shape index (κ2) is 13.8. The molecule has 0 aromatic carbocycles. The molecule has 0 spiro atoms. The van der Waals surface area contributed by atoms with Crippen LogP contribution in [-0.4, -0.2) is 24.1 Å². The quantitative estimate of drug-likeness (QED) is 0.408. The molecule has 0 aromatic heterocycles. The minimum Gasteiger partial charge on any atom is -0.449 e. The molecule has 0 saturated carbocycles. The van der Waals surface area contributed by atoms with Crippen molar-refractivity contribution >= 4 is 11.9 Å². The molecular formula is C22H28O4. The molecule has 0 bridgehead atoms. The molecule has 2 atom stereocenters. The molecule has 1 rings (SSSR count). The predicted molar refractivity (Wildman–Crippen MR) is 102 cm³/mol. The fraction of sp³-hybridized carbons (Fsp3) is 0.545. The number of rotatable bonds is 6. The van der Waals surface area contributed by atoms with Crippen LogP contribution in [0.5, 0.6) is 0 Å². The predicted octanol–water partition coefficient (Wildman–Crippen LogP) is 4.10. The van der Waals surface area contributed by atoms with Crippen LogP contribution in [0.3, 0.4) is 0 Å². The number of ether oxygens (including phenoxy) is 2. The summed E-state index contributed by atoms with van der Waals surface area (Å²) in [6, 6.07) is 0. The molecule has 26 heavy (non-hydrogen) atoms. The highest BCUT2D eigenvalue weighted by Gasteiger charge is 2.13. The van der Waals surface area contributed by atoms with E-state index in [0.717, 1.165) is 12.8 Å². The van der Waals surface area contributed by atoms with Crippen molar-refractivity contribution in [3.05, 3.63) is 25.3 Å². The second-order valence-electron chi connectivity index (χ2n) is 6.04. The molecule has 1 aliphatic rings. The van der Waals surface area contributed by atoms with Crippen molar-refractivity contribution in [3.8, 4) is 23.7 Å². The number of hydrogen-bond donors (Lipinski definition) is 0. The highest BCUT2D eigenvalue weighted by Crippen LogP contribution is 2.09. The summed E-state index contributed by atoms with van der Waals surface area (Å²) in [6.07, 6.45) is 8.38. The standard InChI is InChI=1S/C22H28O4/c1-3-5-13-19-15-9-7-11-18-22(24)26-20(14-6-4-2)16-10-8-12-17-21(23)25-19/h3-4,19-20H,1-2,5-8,11-14,17-18H2/t19-,20?/m0/s1. The lowest BCUT2D eigenvalue weighted by atomic mass is 10.1. The Labute approximate surface area is 157 Å². The Balaban J connectivity index is 2.71. The summed E-state index contributed by atoms with van der Waals surface area (Å²) in [5, 5.41) is 0. The number of cyclic esters (lactones) is 2. The third kappa shape index (κ3) is 10.4. The molecule has 0 fully saturated rings. The van der Waals surface area contributed by atoms with Crippen molar-refractivity contribution in [3.63, 3.8) is 0 Å². The first kappa shape index (κ1) is 21.6. The number of carbonyl (C=O) groups excluding carboxylic acids is 2. The van der Waals surface area contributed by atoms with Gasteiger partial charge in [0.05, 0.1) is 0 Å². The van der Waals surface area contributed by atoms with Gasteiger partial charge in [-0.3, -0.25) is 9.59 Å². The molecule has 1 unspecified atom stereocenters. The first-order valence-corrected chi connectivity index (χ1v) is 9.23. The van der Waals surface area contributed by atoms with Crippen molar-refractivity contribution in [1.82, 2.24) is 0 Å². The molecule has 140 valence electrons. The fourth-order valence-corrected chi connectivity index (χ4v) is 2.31. The highest BCUT2D eigenvalue weighted by molar-refractivity contribution is 5.70. The third-order valence-corrected chi connectivity index (χ3v) is 3.70. The average Bonchev–Trinajstić information content (AvgIpc) is 2.62. The van der Waals surface area contributed by atoms with E-state index in [2.05, 4.69) is 36.8 Å². The van der Waals surface area contributed by atoms with Crippen LogP contribution in [0.2, 0.25) is 0 Å². The van der Waals surface area contributed by atoms with Gasteiger partial charge in [-0.05, 0) is 38.5 Å². The summed E-state index contributed by atoms with van der Waals surface area (Å²) in [4.78, 5) is 23.9. The second-order valence-corrected chi connectivity index (χ2v) is 6.04. The molecule has 4 nitrogen and oxygen atoms in total. The number of esters is 2. The fourth-order valence-electron chi connectivity index (χ4n) is 2.31. The maximum absolute atomic E-state index is 12.0. The summed E-state index contributed by atoms with van der Waals surface area (Å²) in [5.74, 6) is 11.5. The average molecular weight is 356 g/mol. The first-order chi connectivity index (χ1) is 12.7. The van der Waals surface area contributed by atoms with Gasteiger partial charge in [0.25, 0.3) is 0 Å². The van der Waals surface area contributed by atoms with Crippen molar-refractivity contribution in [2.45, 2.75) is 76.4 Å². The van der Waals surface area contributed by atoms with E-state index in [-0.39, 0.29) is 11.9 Å². The Hall–Kier alpha value is -2.46. The molecule has 0 saturated heterocycles. The molecule has 0 N–H and O–H groups in total. The van der Waals surface area contributed by atoms with Crippen molar-refractivity contribution < 1.29 is 19.1 Å². The Morgan fingerprint density at radius 2 is 1.27 bits per heavy atom. The molecule has 0 radical (unpaired) electrons. The van der Waals surface area contributed by atoms with Gasteiger partial charge in [-0.25, -0.2) is 0 Å². The van der Waals surface area contributed by atoms with Gasteiger partial charge in [-0.1, -0.05) is 35.8 Å². The van der Waals surface area contributed by atoms with Gasteiger partial charge in [-0.2, -0.15) is 0 Å². The largest absolute Gasteiger partial charge is 0.449 e. The van der Waals surface area contributed by atoms with Crippen molar-refractivity contribution in [2.24, 2.45) is 0 Å². The van der Waals surface area contributed by atoms with E-state index in [0.29, 0.717) is 51.4 Å². The van der Waals surface area contributed by atoms with Crippen LogP contribution in [0.25, 0.3) is 0 Å². The van der Waals surface area contributed by atoms with Gasteiger partial charge < -0.3 is 9.47 Å². The van der Waals surface area contributed by atoms with Crippen molar-refractivity contribution in [1.29, 1.82) is 0 Å². The van der Waals surface area contributed by atoms with Crippen LogP contribution in [0.15, 0.2) is 25.3 Å². The van der Waals surface area contributed by atoms with E-state index in [1.54, 1.807) is 12.2 Å². The monoisotopic (exact) mass is 356 g/mol. The number of carbonyl (C=O) groups is 2. The lowest BCUT2D eigenvalue weighted by Gasteiger charge is -2.12. The van der Waals surface area contributed by atoms with Crippen LogP contribution < -0.4 is 0 Å². The number of allylic oxidation sites excluding steroid dienone is 2. The molecule has 0 aliphatic carbocycles. The lowest BCUT2D eigenvalue weighted by molar-refractivity contribution is -0.147. The first-order valence-electron chi connectivity index (χ1n) is 9.23. The van der Waals surface area contributed by atoms with Gasteiger partial charge in [0.15, 0.2) is 12.2 Å². The lowest BCUT2D eigenvalue weighted by Crippen LogP contribution is -2.17. The zero-order valence-electron chi connectivity index (χ0n) is 15.4. The van der Waals surface area contributed by atoms with E-state index in [1.807, 2.05) is 0 Å². The minimum absolute atomic E-state index is 0.253. The van der Waals surface area contributed by atoms with Gasteiger partial charge >= 0.3 is 11.9 Å².